The number of hydrogen-bond acceptors (Lipinski definition) is 8. The standard InChI is InChI=1S/C25H31N7OS.CH4/c1-16-13-30(3)14-17(2)32(16)15-18-11-22-23(34-18)25(31-7-9-33-10-8-31)28-24(27-22)19-5-4-6-21-20(19)12-26-29-21;/h4-6,11-12,16-17H,7-10,13-15H2,1-3H3,(H,26,29);1H4/t16-,17+;. The summed E-state index contributed by atoms with van der Waals surface area (Å²) in [6, 6.07) is 9.49. The van der Waals surface area contributed by atoms with Gasteiger partial charge in [0.2, 0.25) is 0 Å². The summed E-state index contributed by atoms with van der Waals surface area (Å²) in [4.78, 5) is 19.0. The summed E-state index contributed by atoms with van der Waals surface area (Å²) >= 11 is 1.84. The van der Waals surface area contributed by atoms with Crippen LogP contribution in [0.25, 0.3) is 32.5 Å². The third-order valence-electron chi connectivity index (χ3n) is 7.06. The van der Waals surface area contributed by atoms with E-state index in [0.717, 1.165) is 79.6 Å². The second-order valence-corrected chi connectivity index (χ2v) is 10.8. The molecule has 0 aliphatic carbocycles. The Labute approximate surface area is 210 Å². The second-order valence-electron chi connectivity index (χ2n) is 9.63. The summed E-state index contributed by atoms with van der Waals surface area (Å²) in [5.41, 5.74) is 3.04. The summed E-state index contributed by atoms with van der Waals surface area (Å²) < 4.78 is 6.80. The number of rotatable bonds is 4. The van der Waals surface area contributed by atoms with E-state index in [1.807, 2.05) is 29.7 Å². The zero-order valence-electron chi connectivity index (χ0n) is 20.0. The summed E-state index contributed by atoms with van der Waals surface area (Å²) in [6.45, 7) is 11.0. The van der Waals surface area contributed by atoms with Gasteiger partial charge in [0.15, 0.2) is 11.6 Å². The predicted octanol–water partition coefficient (Wildman–Crippen LogP) is 4.23. The van der Waals surface area contributed by atoms with Gasteiger partial charge >= 0.3 is 0 Å². The van der Waals surface area contributed by atoms with Crippen molar-refractivity contribution in [2.24, 2.45) is 0 Å². The Morgan fingerprint density at radius 1 is 1.11 bits per heavy atom. The summed E-state index contributed by atoms with van der Waals surface area (Å²) in [6.07, 6.45) is 1.86. The molecule has 0 amide bonds. The number of ether oxygens (including phenoxy) is 1. The van der Waals surface area contributed by atoms with Crippen molar-refractivity contribution >= 4 is 38.3 Å². The first-order valence-corrected chi connectivity index (χ1v) is 12.9. The fourth-order valence-corrected chi connectivity index (χ4v) is 6.55. The lowest BCUT2D eigenvalue weighted by Gasteiger charge is -2.43. The van der Waals surface area contributed by atoms with E-state index in [1.54, 1.807) is 0 Å². The number of fused-ring (bicyclic) bond motifs is 2. The molecule has 9 heteroatoms. The van der Waals surface area contributed by atoms with E-state index in [9.17, 15) is 0 Å². The van der Waals surface area contributed by atoms with Gasteiger partial charge in [0.25, 0.3) is 0 Å². The normalized spacial score (nSPS) is 22.1. The van der Waals surface area contributed by atoms with Gasteiger partial charge < -0.3 is 14.5 Å². The predicted molar refractivity (Wildman–Crippen MR) is 144 cm³/mol. The van der Waals surface area contributed by atoms with E-state index >= 15 is 0 Å². The van der Waals surface area contributed by atoms with Crippen LogP contribution in [0, 0.1) is 0 Å². The van der Waals surface area contributed by atoms with Gasteiger partial charge in [-0.3, -0.25) is 10.00 Å². The molecule has 2 saturated heterocycles. The molecule has 0 bridgehead atoms. The molecule has 0 unspecified atom stereocenters. The minimum atomic E-state index is 0. The van der Waals surface area contributed by atoms with Crippen LogP contribution in [-0.4, -0.2) is 88.5 Å². The van der Waals surface area contributed by atoms with Gasteiger partial charge in [-0.2, -0.15) is 5.10 Å². The number of aromatic nitrogens is 4. The maximum absolute atomic E-state index is 5.63. The second kappa shape index (κ2) is 9.81. The summed E-state index contributed by atoms with van der Waals surface area (Å²) in [7, 11) is 2.22. The van der Waals surface area contributed by atoms with Gasteiger partial charge in [-0.05, 0) is 33.0 Å². The SMILES string of the molecule is C.C[C@@H]1CN(C)C[C@H](C)N1Cc1cc2nc(-c3cccc4[nH]ncc34)nc(N3CCOCC3)c2s1. The van der Waals surface area contributed by atoms with Crippen molar-refractivity contribution in [3.63, 3.8) is 0 Å². The maximum atomic E-state index is 5.63. The Balaban J connectivity index is 0.00000253. The van der Waals surface area contributed by atoms with Crippen molar-refractivity contribution in [3.05, 3.63) is 35.3 Å². The van der Waals surface area contributed by atoms with E-state index in [2.05, 4.69) is 57.9 Å². The molecule has 4 aromatic rings. The molecule has 2 fully saturated rings. The third-order valence-corrected chi connectivity index (χ3v) is 8.17. The number of morpholine rings is 1. The van der Waals surface area contributed by atoms with Gasteiger partial charge in [0.1, 0.15) is 0 Å². The number of piperazine rings is 1. The highest BCUT2D eigenvalue weighted by Gasteiger charge is 2.28. The molecule has 5 heterocycles. The van der Waals surface area contributed by atoms with Crippen molar-refractivity contribution < 1.29 is 4.74 Å². The molecule has 8 nitrogen and oxygen atoms in total. The number of nitrogens with zero attached hydrogens (tertiary/aromatic N) is 6. The zero-order chi connectivity index (χ0) is 23.2. The van der Waals surface area contributed by atoms with Crippen LogP contribution in [0.2, 0.25) is 0 Å². The molecule has 1 N–H and O–H groups in total. The number of likely N-dealkylation sites (N-methyl/N-ethyl adjacent to an activating group) is 1. The molecule has 2 aliphatic rings. The van der Waals surface area contributed by atoms with Crippen LogP contribution in [-0.2, 0) is 11.3 Å². The molecule has 0 radical (unpaired) electrons. The molecule has 2 aliphatic heterocycles. The third kappa shape index (κ3) is 4.53. The van der Waals surface area contributed by atoms with E-state index in [-0.39, 0.29) is 7.43 Å². The molecule has 6 rings (SSSR count). The lowest BCUT2D eigenvalue weighted by atomic mass is 10.1. The molecule has 35 heavy (non-hydrogen) atoms. The molecular formula is C26H35N7OS. The number of benzene rings is 1. The van der Waals surface area contributed by atoms with Crippen LogP contribution in [0.3, 0.4) is 0 Å². The molecular weight excluding hydrogens is 458 g/mol. The van der Waals surface area contributed by atoms with Crippen molar-refractivity contribution in [2.75, 3.05) is 51.3 Å². The lowest BCUT2D eigenvalue weighted by Crippen LogP contribution is -2.54. The smallest absolute Gasteiger partial charge is 0.162 e. The number of nitrogens with one attached hydrogen (secondary N) is 1. The van der Waals surface area contributed by atoms with E-state index in [4.69, 9.17) is 14.7 Å². The number of anilines is 1. The van der Waals surface area contributed by atoms with E-state index in [0.29, 0.717) is 12.1 Å². The van der Waals surface area contributed by atoms with Gasteiger partial charge in [-0.25, -0.2) is 9.97 Å². The first kappa shape index (κ1) is 24.1. The molecule has 0 saturated carbocycles. The Morgan fingerprint density at radius 3 is 2.66 bits per heavy atom. The average molecular weight is 494 g/mol. The highest BCUT2D eigenvalue weighted by atomic mass is 32.1. The first-order valence-electron chi connectivity index (χ1n) is 12.1. The van der Waals surface area contributed by atoms with Crippen LogP contribution in [0.4, 0.5) is 5.82 Å². The Kier molecular flexibility index (Phi) is 6.76. The number of aromatic amines is 1. The van der Waals surface area contributed by atoms with Crippen molar-refractivity contribution in [1.82, 2.24) is 30.0 Å². The van der Waals surface area contributed by atoms with Gasteiger partial charge in [-0.15, -0.1) is 11.3 Å². The number of thiophene rings is 1. The van der Waals surface area contributed by atoms with Crippen LogP contribution < -0.4 is 4.90 Å². The van der Waals surface area contributed by atoms with Crippen LogP contribution in [0.1, 0.15) is 26.2 Å². The van der Waals surface area contributed by atoms with Gasteiger partial charge in [0.05, 0.1) is 35.1 Å². The van der Waals surface area contributed by atoms with E-state index in [1.165, 1.54) is 9.58 Å². The Morgan fingerprint density at radius 2 is 1.89 bits per heavy atom. The molecule has 2 atom stereocenters. The highest BCUT2D eigenvalue weighted by Crippen LogP contribution is 2.36. The fraction of sp³-hybridized carbons (Fsp3) is 0.500. The van der Waals surface area contributed by atoms with Crippen LogP contribution in [0.5, 0.6) is 0 Å². The topological polar surface area (TPSA) is 73.4 Å². The largest absolute Gasteiger partial charge is 0.378 e. The van der Waals surface area contributed by atoms with Crippen molar-refractivity contribution in [2.45, 2.75) is 39.9 Å². The van der Waals surface area contributed by atoms with Crippen LogP contribution in [0.15, 0.2) is 30.5 Å². The Hall–Kier alpha value is -2.59. The van der Waals surface area contributed by atoms with Gasteiger partial charge in [0, 0.05) is 60.6 Å². The Bertz CT molecular complexity index is 1300. The van der Waals surface area contributed by atoms with Crippen LogP contribution >= 0.6 is 11.3 Å². The first-order chi connectivity index (χ1) is 16.6. The van der Waals surface area contributed by atoms with Gasteiger partial charge in [-0.1, -0.05) is 19.6 Å². The molecule has 1 aromatic carbocycles. The molecule has 186 valence electrons. The lowest BCUT2D eigenvalue weighted by molar-refractivity contribution is 0.0467. The number of hydrogen-bond donors (Lipinski definition) is 1. The minimum absolute atomic E-state index is 0. The number of H-pyrrole nitrogens is 1. The molecule has 0 spiro atoms. The maximum Gasteiger partial charge on any atom is 0.162 e. The average Bonchev–Trinajstić information content (AvgIpc) is 3.47. The molecule has 3 aromatic heterocycles. The van der Waals surface area contributed by atoms with E-state index < -0.39 is 0 Å². The summed E-state index contributed by atoms with van der Waals surface area (Å²) in [5, 5.41) is 8.35. The quantitative estimate of drug-likeness (QED) is 0.456. The monoisotopic (exact) mass is 493 g/mol. The zero-order valence-corrected chi connectivity index (χ0v) is 20.8. The fourth-order valence-electron chi connectivity index (χ4n) is 5.43. The minimum Gasteiger partial charge on any atom is -0.378 e. The van der Waals surface area contributed by atoms with Crippen molar-refractivity contribution in [3.8, 4) is 11.4 Å². The summed E-state index contributed by atoms with van der Waals surface area (Å²) in [5.74, 6) is 1.78. The highest BCUT2D eigenvalue weighted by molar-refractivity contribution is 7.19. The van der Waals surface area contributed by atoms with Crippen molar-refractivity contribution in [1.29, 1.82) is 0 Å².